The molecule has 0 bridgehead atoms. The van der Waals surface area contributed by atoms with Gasteiger partial charge in [-0.05, 0) is 31.2 Å². The van der Waals surface area contributed by atoms with E-state index in [0.29, 0.717) is 6.54 Å². The Hall–Kier alpha value is -1.36. The van der Waals surface area contributed by atoms with E-state index in [1.807, 2.05) is 6.92 Å². The second-order valence-corrected chi connectivity index (χ2v) is 6.74. The molecule has 0 aromatic heterocycles. The summed E-state index contributed by atoms with van der Waals surface area (Å²) in [5.74, 6) is -0.992. The highest BCUT2D eigenvalue weighted by Crippen LogP contribution is 2.14. The van der Waals surface area contributed by atoms with E-state index in [0.717, 1.165) is 19.0 Å². The fourth-order valence-corrected chi connectivity index (χ4v) is 2.82. The minimum absolute atomic E-state index is 0. The van der Waals surface area contributed by atoms with E-state index in [1.165, 1.54) is 18.2 Å². The van der Waals surface area contributed by atoms with E-state index < -0.39 is 28.7 Å². The molecule has 0 aliphatic rings. The maximum absolute atomic E-state index is 12.1. The van der Waals surface area contributed by atoms with Crippen LogP contribution in [0, 0.1) is 0 Å². The first-order chi connectivity index (χ1) is 11.2. The van der Waals surface area contributed by atoms with E-state index in [-0.39, 0.29) is 29.4 Å². The molecule has 0 aliphatic carbocycles. The molecule has 1 amide bonds. The number of benzene rings is 1. The van der Waals surface area contributed by atoms with Crippen LogP contribution in [-0.4, -0.2) is 46.7 Å². The zero-order valence-electron chi connectivity index (χ0n) is 13.5. The van der Waals surface area contributed by atoms with E-state index in [2.05, 4.69) is 10.0 Å². The predicted octanol–water partition coefficient (Wildman–Crippen LogP) is 1.68. The molecule has 11 heteroatoms. The summed E-state index contributed by atoms with van der Waals surface area (Å²) in [4.78, 5) is 11.5. The third-order valence-corrected chi connectivity index (χ3v) is 4.34. The molecule has 0 atom stereocenters. The van der Waals surface area contributed by atoms with E-state index >= 15 is 0 Å². The lowest BCUT2D eigenvalue weighted by Crippen LogP contribution is -2.34. The summed E-state index contributed by atoms with van der Waals surface area (Å²) >= 11 is 0. The van der Waals surface area contributed by atoms with Crippen molar-refractivity contribution < 1.29 is 26.4 Å². The van der Waals surface area contributed by atoms with Gasteiger partial charge in [-0.25, -0.2) is 13.1 Å². The fraction of sp³-hybridized carbons (Fsp3) is 0.500. The predicted molar refractivity (Wildman–Crippen MR) is 90.4 cm³/mol. The average molecular weight is 404 g/mol. The minimum Gasteiger partial charge on any atom is -0.343 e. The van der Waals surface area contributed by atoms with Crippen molar-refractivity contribution in [2.24, 2.45) is 0 Å². The third-order valence-electron chi connectivity index (χ3n) is 2.88. The van der Waals surface area contributed by atoms with Crippen LogP contribution in [0.5, 0.6) is 0 Å². The first-order valence-corrected chi connectivity index (χ1v) is 8.79. The number of alkyl halides is 3. The molecule has 25 heavy (non-hydrogen) atoms. The molecule has 0 heterocycles. The van der Waals surface area contributed by atoms with Gasteiger partial charge in [-0.15, -0.1) is 12.4 Å². The second kappa shape index (κ2) is 10.6. The molecule has 0 unspecified atom stereocenters. The van der Waals surface area contributed by atoms with Gasteiger partial charge in [0.1, 0.15) is 6.54 Å². The maximum Gasteiger partial charge on any atom is 0.405 e. The summed E-state index contributed by atoms with van der Waals surface area (Å²) in [6.07, 6.45) is -3.62. The Bertz CT molecular complexity index is 654. The lowest BCUT2D eigenvalue weighted by atomic mass is 10.2. The van der Waals surface area contributed by atoms with Crippen molar-refractivity contribution in [3.05, 3.63) is 29.8 Å². The Morgan fingerprint density at radius 3 is 2.44 bits per heavy atom. The Morgan fingerprint density at radius 1 is 1.16 bits per heavy atom. The summed E-state index contributed by atoms with van der Waals surface area (Å²) in [7, 11) is -3.84. The maximum atomic E-state index is 12.1. The van der Waals surface area contributed by atoms with Crippen molar-refractivity contribution in [2.75, 3.05) is 26.2 Å². The Morgan fingerprint density at radius 2 is 1.84 bits per heavy atom. The largest absolute Gasteiger partial charge is 0.405 e. The Labute approximate surface area is 151 Å². The highest BCUT2D eigenvalue weighted by molar-refractivity contribution is 7.89. The van der Waals surface area contributed by atoms with Crippen LogP contribution in [0.2, 0.25) is 0 Å². The van der Waals surface area contributed by atoms with Crippen LogP contribution in [0.4, 0.5) is 13.2 Å². The van der Waals surface area contributed by atoms with Gasteiger partial charge in [0.25, 0.3) is 5.91 Å². The number of carbonyl (C=O) groups excluding carboxylic acids is 1. The van der Waals surface area contributed by atoms with Gasteiger partial charge in [-0.1, -0.05) is 13.0 Å². The van der Waals surface area contributed by atoms with Crippen molar-refractivity contribution in [3.8, 4) is 0 Å². The number of sulfonamides is 1. The van der Waals surface area contributed by atoms with E-state index in [1.54, 1.807) is 5.32 Å². The van der Waals surface area contributed by atoms with Crippen LogP contribution >= 0.6 is 12.4 Å². The van der Waals surface area contributed by atoms with Crippen molar-refractivity contribution >= 4 is 28.3 Å². The van der Waals surface area contributed by atoms with Crippen LogP contribution in [0.1, 0.15) is 23.7 Å². The molecule has 3 N–H and O–H groups in total. The molecular weight excluding hydrogens is 383 g/mol. The van der Waals surface area contributed by atoms with Gasteiger partial charge in [-0.2, -0.15) is 13.2 Å². The number of amides is 1. The lowest BCUT2D eigenvalue weighted by Gasteiger charge is -2.10. The minimum atomic E-state index is -4.54. The van der Waals surface area contributed by atoms with Crippen molar-refractivity contribution in [1.82, 2.24) is 15.4 Å². The second-order valence-electron chi connectivity index (χ2n) is 4.97. The van der Waals surface area contributed by atoms with Gasteiger partial charge in [0.2, 0.25) is 10.0 Å². The fourth-order valence-electron chi connectivity index (χ4n) is 1.75. The van der Waals surface area contributed by atoms with Crippen LogP contribution in [0.25, 0.3) is 0 Å². The zero-order valence-corrected chi connectivity index (χ0v) is 15.2. The zero-order chi connectivity index (χ0) is 18.2. The van der Waals surface area contributed by atoms with Crippen LogP contribution in [0.3, 0.4) is 0 Å². The Kier molecular flexibility index (Phi) is 10.0. The molecule has 0 saturated heterocycles. The van der Waals surface area contributed by atoms with Gasteiger partial charge in [0.05, 0.1) is 4.90 Å². The molecule has 6 nitrogen and oxygen atoms in total. The number of halogens is 4. The van der Waals surface area contributed by atoms with Gasteiger partial charge in [0.15, 0.2) is 0 Å². The normalized spacial score (nSPS) is 11.7. The number of hydrogen-bond acceptors (Lipinski definition) is 4. The molecule has 0 saturated carbocycles. The van der Waals surface area contributed by atoms with Gasteiger partial charge < -0.3 is 10.6 Å². The van der Waals surface area contributed by atoms with Crippen molar-refractivity contribution in [2.45, 2.75) is 24.4 Å². The summed E-state index contributed by atoms with van der Waals surface area (Å²) in [5, 5.41) is 4.72. The molecule has 0 aliphatic heterocycles. The summed E-state index contributed by atoms with van der Waals surface area (Å²) in [6.45, 7) is 1.86. The van der Waals surface area contributed by atoms with Crippen LogP contribution in [-0.2, 0) is 10.0 Å². The van der Waals surface area contributed by atoms with Crippen LogP contribution in [0.15, 0.2) is 29.2 Å². The first-order valence-electron chi connectivity index (χ1n) is 7.31. The van der Waals surface area contributed by atoms with E-state index in [9.17, 15) is 26.4 Å². The number of rotatable bonds is 9. The first kappa shape index (κ1) is 23.6. The molecule has 0 spiro atoms. The lowest BCUT2D eigenvalue weighted by molar-refractivity contribution is -0.123. The summed E-state index contributed by atoms with van der Waals surface area (Å²) in [6, 6.07) is 4.84. The highest BCUT2D eigenvalue weighted by atomic mass is 35.5. The summed E-state index contributed by atoms with van der Waals surface area (Å²) in [5.41, 5.74) is -0.161. The summed E-state index contributed by atoms with van der Waals surface area (Å²) < 4.78 is 62.9. The molecule has 1 aromatic carbocycles. The number of hydrogen-bond donors (Lipinski definition) is 3. The number of carbonyl (C=O) groups is 1. The van der Waals surface area contributed by atoms with Gasteiger partial charge >= 0.3 is 6.18 Å². The smallest absolute Gasteiger partial charge is 0.343 e. The average Bonchev–Trinajstić information content (AvgIpc) is 2.52. The Balaban J connectivity index is 0.00000576. The molecule has 1 aromatic rings. The molecular formula is C14H21ClF3N3O3S. The molecule has 0 fully saturated rings. The monoisotopic (exact) mass is 403 g/mol. The molecule has 1 rings (SSSR count). The van der Waals surface area contributed by atoms with E-state index in [4.69, 9.17) is 0 Å². The van der Waals surface area contributed by atoms with Crippen molar-refractivity contribution in [1.29, 1.82) is 0 Å². The van der Waals surface area contributed by atoms with Crippen LogP contribution < -0.4 is 15.4 Å². The van der Waals surface area contributed by atoms with Gasteiger partial charge in [0, 0.05) is 18.7 Å². The quantitative estimate of drug-likeness (QED) is 0.547. The molecule has 0 radical (unpaired) electrons. The highest BCUT2D eigenvalue weighted by Gasteiger charge is 2.28. The topological polar surface area (TPSA) is 87.3 Å². The SMILES string of the molecule is CCCNCCNS(=O)(=O)c1cccc(C(=O)NCC(F)(F)F)c1.Cl. The van der Waals surface area contributed by atoms with Gasteiger partial charge in [-0.3, -0.25) is 4.79 Å². The van der Waals surface area contributed by atoms with Crippen molar-refractivity contribution in [3.63, 3.8) is 0 Å². The third kappa shape index (κ3) is 9.05. The standard InChI is InChI=1S/C14H20F3N3O3S.ClH/c1-2-6-18-7-8-20-24(22,23)12-5-3-4-11(9-12)13(21)19-10-14(15,16)17;/h3-5,9,18,20H,2,6-8,10H2,1H3,(H,19,21);1H. The number of nitrogens with one attached hydrogen (secondary N) is 3. The molecule has 144 valence electrons.